The van der Waals surface area contributed by atoms with Crippen LogP contribution in [0.3, 0.4) is 0 Å². The molecule has 0 radical (unpaired) electrons. The van der Waals surface area contributed by atoms with E-state index >= 15 is 0 Å². The van der Waals surface area contributed by atoms with E-state index in [-0.39, 0.29) is 5.91 Å². The second-order valence-electron chi connectivity index (χ2n) is 4.60. The Kier molecular flexibility index (Phi) is 4.26. The van der Waals surface area contributed by atoms with Crippen molar-refractivity contribution in [3.8, 4) is 0 Å². The Bertz CT molecular complexity index is 425. The van der Waals surface area contributed by atoms with Crippen molar-refractivity contribution in [1.82, 2.24) is 4.90 Å². The van der Waals surface area contributed by atoms with Gasteiger partial charge in [0.2, 0.25) is 0 Å². The molecule has 4 heteroatoms. The highest BCUT2D eigenvalue weighted by atomic mass is 79.9. The third-order valence-corrected chi connectivity index (χ3v) is 4.41. The average Bonchev–Trinajstić information content (AvgIpc) is 2.32. The molecule has 0 aliphatic carbocycles. The molecule has 1 aromatic carbocycles. The first kappa shape index (κ1) is 13.1. The van der Waals surface area contributed by atoms with Crippen LogP contribution < -0.4 is 0 Å². The summed E-state index contributed by atoms with van der Waals surface area (Å²) in [5, 5.41) is 0. The summed E-state index contributed by atoms with van der Waals surface area (Å²) >= 11 is 6.85. The molecule has 0 N–H and O–H groups in total. The van der Waals surface area contributed by atoms with Crippen LogP contribution in [-0.4, -0.2) is 23.9 Å². The maximum atomic E-state index is 12.4. The summed E-state index contributed by atoms with van der Waals surface area (Å²) in [5.74, 6) is 0.870. The molecular weight excluding hydrogens is 346 g/mol. The van der Waals surface area contributed by atoms with Gasteiger partial charge in [-0.15, -0.1) is 0 Å². The van der Waals surface area contributed by atoms with Crippen LogP contribution in [0.5, 0.6) is 0 Å². The smallest absolute Gasteiger partial charge is 0.255 e. The molecule has 0 spiro atoms. The number of carbonyl (C=O) groups is 1. The highest BCUT2D eigenvalue weighted by Gasteiger charge is 2.22. The highest BCUT2D eigenvalue weighted by molar-refractivity contribution is 9.11. The lowest BCUT2D eigenvalue weighted by Crippen LogP contribution is -2.38. The SMILES string of the molecule is CC1CCN(C(=O)c2cc(Br)ccc2Br)CC1. The Morgan fingerprint density at radius 2 is 1.94 bits per heavy atom. The van der Waals surface area contributed by atoms with Gasteiger partial charge in [0.05, 0.1) is 5.56 Å². The topological polar surface area (TPSA) is 20.3 Å². The fraction of sp³-hybridized carbons (Fsp3) is 0.462. The first-order valence-corrected chi connectivity index (χ1v) is 7.41. The minimum Gasteiger partial charge on any atom is -0.339 e. The van der Waals surface area contributed by atoms with Gasteiger partial charge in [0.15, 0.2) is 0 Å². The van der Waals surface area contributed by atoms with Crippen molar-refractivity contribution in [2.45, 2.75) is 19.8 Å². The van der Waals surface area contributed by atoms with E-state index in [1.807, 2.05) is 23.1 Å². The van der Waals surface area contributed by atoms with Crippen LogP contribution in [0.4, 0.5) is 0 Å². The highest BCUT2D eigenvalue weighted by Crippen LogP contribution is 2.25. The largest absolute Gasteiger partial charge is 0.339 e. The quantitative estimate of drug-likeness (QED) is 0.738. The minimum absolute atomic E-state index is 0.130. The van der Waals surface area contributed by atoms with Gasteiger partial charge in [-0.2, -0.15) is 0 Å². The zero-order valence-electron chi connectivity index (χ0n) is 9.75. The summed E-state index contributed by atoms with van der Waals surface area (Å²) in [4.78, 5) is 14.3. The van der Waals surface area contributed by atoms with Crippen molar-refractivity contribution in [1.29, 1.82) is 0 Å². The van der Waals surface area contributed by atoms with Gasteiger partial charge in [0, 0.05) is 22.0 Å². The first-order chi connectivity index (χ1) is 8.08. The predicted octanol–water partition coefficient (Wildman–Crippen LogP) is 4.08. The first-order valence-electron chi connectivity index (χ1n) is 5.82. The predicted molar refractivity (Wildman–Crippen MR) is 76.1 cm³/mol. The fourth-order valence-corrected chi connectivity index (χ4v) is 2.82. The van der Waals surface area contributed by atoms with E-state index in [2.05, 4.69) is 38.8 Å². The van der Waals surface area contributed by atoms with Crippen LogP contribution in [0.1, 0.15) is 30.1 Å². The Labute approximate surface area is 119 Å². The number of hydrogen-bond donors (Lipinski definition) is 0. The molecule has 17 heavy (non-hydrogen) atoms. The van der Waals surface area contributed by atoms with Gasteiger partial charge < -0.3 is 4.90 Å². The molecule has 0 bridgehead atoms. The standard InChI is InChI=1S/C13H15Br2NO/c1-9-4-6-16(7-5-9)13(17)11-8-10(14)2-3-12(11)15/h2-3,8-9H,4-7H2,1H3. The molecule has 92 valence electrons. The third-order valence-electron chi connectivity index (χ3n) is 3.23. The summed E-state index contributed by atoms with van der Waals surface area (Å²) < 4.78 is 1.80. The molecular formula is C13H15Br2NO. The molecule has 1 fully saturated rings. The van der Waals surface area contributed by atoms with E-state index in [0.717, 1.165) is 46.4 Å². The van der Waals surface area contributed by atoms with Gasteiger partial charge in [-0.25, -0.2) is 0 Å². The van der Waals surface area contributed by atoms with Crippen molar-refractivity contribution in [2.24, 2.45) is 5.92 Å². The molecule has 1 amide bonds. The van der Waals surface area contributed by atoms with Crippen molar-refractivity contribution >= 4 is 37.8 Å². The number of benzene rings is 1. The Morgan fingerprint density at radius 3 is 2.59 bits per heavy atom. The van der Waals surface area contributed by atoms with Gasteiger partial charge in [0.25, 0.3) is 5.91 Å². The maximum Gasteiger partial charge on any atom is 0.255 e. The number of hydrogen-bond acceptors (Lipinski definition) is 1. The van der Waals surface area contributed by atoms with Crippen molar-refractivity contribution in [3.63, 3.8) is 0 Å². The van der Waals surface area contributed by atoms with E-state index in [9.17, 15) is 4.79 Å². The van der Waals surface area contributed by atoms with Gasteiger partial charge in [-0.3, -0.25) is 4.79 Å². The lowest BCUT2D eigenvalue weighted by atomic mass is 9.98. The van der Waals surface area contributed by atoms with E-state index in [1.54, 1.807) is 0 Å². The zero-order valence-corrected chi connectivity index (χ0v) is 12.9. The molecule has 1 aromatic rings. The summed E-state index contributed by atoms with van der Waals surface area (Å²) in [7, 11) is 0. The third kappa shape index (κ3) is 3.10. The van der Waals surface area contributed by atoms with Crippen LogP contribution in [0.25, 0.3) is 0 Å². The molecule has 0 aromatic heterocycles. The van der Waals surface area contributed by atoms with Crippen LogP contribution in [0, 0.1) is 5.92 Å². The van der Waals surface area contributed by atoms with Crippen molar-refractivity contribution in [2.75, 3.05) is 13.1 Å². The molecule has 1 aliphatic rings. The number of piperidine rings is 1. The van der Waals surface area contributed by atoms with E-state index in [1.165, 1.54) is 0 Å². The van der Waals surface area contributed by atoms with Gasteiger partial charge in [-0.1, -0.05) is 22.9 Å². The molecule has 0 unspecified atom stereocenters. The monoisotopic (exact) mass is 359 g/mol. The molecule has 0 saturated carbocycles. The number of likely N-dealkylation sites (tertiary alicyclic amines) is 1. The van der Waals surface area contributed by atoms with E-state index < -0.39 is 0 Å². The van der Waals surface area contributed by atoms with Crippen LogP contribution in [0.15, 0.2) is 27.1 Å². The van der Waals surface area contributed by atoms with Crippen LogP contribution in [0.2, 0.25) is 0 Å². The number of carbonyl (C=O) groups excluding carboxylic acids is 1. The minimum atomic E-state index is 0.130. The maximum absolute atomic E-state index is 12.4. The second kappa shape index (κ2) is 5.53. The van der Waals surface area contributed by atoms with Gasteiger partial charge in [0.1, 0.15) is 0 Å². The number of amides is 1. The number of nitrogens with zero attached hydrogens (tertiary/aromatic N) is 1. The van der Waals surface area contributed by atoms with Gasteiger partial charge in [-0.05, 0) is 52.9 Å². The molecule has 1 saturated heterocycles. The second-order valence-corrected chi connectivity index (χ2v) is 6.37. The lowest BCUT2D eigenvalue weighted by molar-refractivity contribution is 0.0696. The van der Waals surface area contributed by atoms with Crippen LogP contribution >= 0.6 is 31.9 Å². The van der Waals surface area contributed by atoms with Crippen molar-refractivity contribution in [3.05, 3.63) is 32.7 Å². The Morgan fingerprint density at radius 1 is 1.29 bits per heavy atom. The Balaban J connectivity index is 2.16. The zero-order chi connectivity index (χ0) is 12.4. The van der Waals surface area contributed by atoms with E-state index in [4.69, 9.17) is 0 Å². The summed E-state index contributed by atoms with van der Waals surface area (Å²) in [6, 6.07) is 5.72. The number of halogens is 2. The van der Waals surface area contributed by atoms with Gasteiger partial charge >= 0.3 is 0 Å². The molecule has 1 aliphatic heterocycles. The van der Waals surface area contributed by atoms with E-state index in [0.29, 0.717) is 0 Å². The average molecular weight is 361 g/mol. The molecule has 1 heterocycles. The fourth-order valence-electron chi connectivity index (χ4n) is 2.04. The molecule has 2 rings (SSSR count). The lowest BCUT2D eigenvalue weighted by Gasteiger charge is -2.30. The summed E-state index contributed by atoms with van der Waals surface area (Å²) in [6.45, 7) is 3.99. The summed E-state index contributed by atoms with van der Waals surface area (Å²) in [6.07, 6.45) is 2.22. The van der Waals surface area contributed by atoms with Crippen molar-refractivity contribution < 1.29 is 4.79 Å². The Hall–Kier alpha value is -0.350. The number of rotatable bonds is 1. The normalized spacial score (nSPS) is 17.2. The summed E-state index contributed by atoms with van der Waals surface area (Å²) in [5.41, 5.74) is 0.744. The van der Waals surface area contributed by atoms with Crippen LogP contribution in [-0.2, 0) is 0 Å². The molecule has 2 nitrogen and oxygen atoms in total. The molecule has 0 atom stereocenters.